The van der Waals surface area contributed by atoms with Gasteiger partial charge in [-0.15, -0.1) is 0 Å². The Kier molecular flexibility index (Phi) is 7.10. The smallest absolute Gasteiger partial charge is 0.256 e. The maximum atomic E-state index is 13.0. The van der Waals surface area contributed by atoms with Gasteiger partial charge in [0.15, 0.2) is 0 Å². The molecule has 1 saturated carbocycles. The molecule has 0 heterocycles. The lowest BCUT2D eigenvalue weighted by molar-refractivity contribution is -0.147. The fraction of sp³-hybridized carbons (Fsp3) is 0.458. The molecule has 1 N–H and O–H groups in total. The fourth-order valence-electron chi connectivity index (χ4n) is 3.58. The number of ether oxygens (including phenoxy) is 2. The van der Waals surface area contributed by atoms with Crippen LogP contribution in [0.2, 0.25) is 0 Å². The number of carbonyl (C=O) groups is 1. The van der Waals surface area contributed by atoms with E-state index in [1.165, 1.54) is 0 Å². The van der Waals surface area contributed by atoms with Crippen LogP contribution in [0.15, 0.2) is 54.6 Å². The Labute approximate surface area is 168 Å². The highest BCUT2D eigenvalue weighted by molar-refractivity contribution is 5.97. The van der Waals surface area contributed by atoms with E-state index < -0.39 is 5.60 Å². The van der Waals surface area contributed by atoms with Gasteiger partial charge < -0.3 is 14.8 Å². The molecule has 0 bridgehead atoms. The van der Waals surface area contributed by atoms with Crippen LogP contribution >= 0.6 is 0 Å². The molecule has 4 heteroatoms. The molecule has 0 aromatic heterocycles. The van der Waals surface area contributed by atoms with Crippen molar-refractivity contribution in [1.82, 2.24) is 0 Å². The SMILES string of the molecule is CCCOC1(C(=O)Nc2ccc(OCc3ccccc3)cc2)CCC(C)CC1. The van der Waals surface area contributed by atoms with Gasteiger partial charge in [-0.2, -0.15) is 0 Å². The van der Waals surface area contributed by atoms with Crippen molar-refractivity contribution < 1.29 is 14.3 Å². The topological polar surface area (TPSA) is 47.6 Å². The zero-order chi connectivity index (χ0) is 19.8. The van der Waals surface area contributed by atoms with E-state index in [1.807, 2.05) is 54.6 Å². The van der Waals surface area contributed by atoms with E-state index in [1.54, 1.807) is 0 Å². The first-order valence-electron chi connectivity index (χ1n) is 10.3. The second kappa shape index (κ2) is 9.74. The largest absolute Gasteiger partial charge is 0.489 e. The molecule has 1 amide bonds. The Hall–Kier alpha value is -2.33. The van der Waals surface area contributed by atoms with E-state index in [9.17, 15) is 4.79 Å². The van der Waals surface area contributed by atoms with Crippen LogP contribution in [0.3, 0.4) is 0 Å². The zero-order valence-corrected chi connectivity index (χ0v) is 16.9. The molecule has 0 atom stereocenters. The highest BCUT2D eigenvalue weighted by atomic mass is 16.5. The van der Waals surface area contributed by atoms with Gasteiger partial charge in [0.25, 0.3) is 5.91 Å². The van der Waals surface area contributed by atoms with Crippen molar-refractivity contribution in [3.8, 4) is 5.75 Å². The molecule has 150 valence electrons. The lowest BCUT2D eigenvalue weighted by Crippen LogP contribution is -2.48. The van der Waals surface area contributed by atoms with Gasteiger partial charge in [0, 0.05) is 12.3 Å². The molecule has 0 saturated heterocycles. The minimum absolute atomic E-state index is 0.0224. The third-order valence-corrected chi connectivity index (χ3v) is 5.44. The molecule has 4 nitrogen and oxygen atoms in total. The first-order valence-corrected chi connectivity index (χ1v) is 10.3. The standard InChI is InChI=1S/C24H31NO3/c1-3-17-28-24(15-13-19(2)14-16-24)23(26)25-21-9-11-22(12-10-21)27-18-20-7-5-4-6-8-20/h4-12,19H,3,13-18H2,1-2H3,(H,25,26). The van der Waals surface area contributed by atoms with Crippen LogP contribution in [-0.2, 0) is 16.1 Å². The van der Waals surface area contributed by atoms with Gasteiger partial charge >= 0.3 is 0 Å². The average molecular weight is 382 g/mol. The first kappa shape index (κ1) is 20.4. The molecule has 2 aromatic rings. The monoisotopic (exact) mass is 381 g/mol. The number of rotatable bonds is 8. The second-order valence-corrected chi connectivity index (χ2v) is 7.78. The molecule has 2 aromatic carbocycles. The van der Waals surface area contributed by atoms with E-state index in [4.69, 9.17) is 9.47 Å². The summed E-state index contributed by atoms with van der Waals surface area (Å²) in [4.78, 5) is 13.0. The number of nitrogens with one attached hydrogen (secondary N) is 1. The number of carbonyl (C=O) groups excluding carboxylic acids is 1. The van der Waals surface area contributed by atoms with Crippen LogP contribution in [0.4, 0.5) is 5.69 Å². The summed E-state index contributed by atoms with van der Waals surface area (Å²) in [6.45, 7) is 5.47. The zero-order valence-electron chi connectivity index (χ0n) is 16.9. The van der Waals surface area contributed by atoms with E-state index in [0.717, 1.165) is 49.1 Å². The molecule has 0 spiro atoms. The second-order valence-electron chi connectivity index (χ2n) is 7.78. The number of benzene rings is 2. The quantitative estimate of drug-likeness (QED) is 0.649. The molecule has 3 rings (SSSR count). The summed E-state index contributed by atoms with van der Waals surface area (Å²) in [5.41, 5.74) is 1.21. The summed E-state index contributed by atoms with van der Waals surface area (Å²) in [5, 5.41) is 3.06. The molecule has 0 unspecified atom stereocenters. The van der Waals surface area contributed by atoms with Gasteiger partial charge in [-0.25, -0.2) is 0 Å². The molecule has 1 fully saturated rings. The predicted octanol–water partition coefficient (Wildman–Crippen LogP) is 5.58. The highest BCUT2D eigenvalue weighted by Gasteiger charge is 2.42. The van der Waals surface area contributed by atoms with Crippen molar-refractivity contribution in [2.75, 3.05) is 11.9 Å². The Morgan fingerprint density at radius 2 is 1.75 bits per heavy atom. The summed E-state index contributed by atoms with van der Waals surface area (Å²) >= 11 is 0. The lowest BCUT2D eigenvalue weighted by atomic mass is 9.78. The maximum Gasteiger partial charge on any atom is 0.256 e. The van der Waals surface area contributed by atoms with Crippen molar-refractivity contribution >= 4 is 11.6 Å². The molecular weight excluding hydrogens is 350 g/mol. The Balaban J connectivity index is 1.59. The van der Waals surface area contributed by atoms with E-state index in [0.29, 0.717) is 19.1 Å². The third-order valence-electron chi connectivity index (χ3n) is 5.44. The van der Waals surface area contributed by atoms with Crippen LogP contribution in [0.25, 0.3) is 0 Å². The van der Waals surface area contributed by atoms with Crippen molar-refractivity contribution in [3.63, 3.8) is 0 Å². The molecule has 1 aliphatic rings. The van der Waals surface area contributed by atoms with Crippen molar-refractivity contribution in [1.29, 1.82) is 0 Å². The minimum Gasteiger partial charge on any atom is -0.489 e. The fourth-order valence-corrected chi connectivity index (χ4v) is 3.58. The molecule has 28 heavy (non-hydrogen) atoms. The van der Waals surface area contributed by atoms with E-state index in [-0.39, 0.29) is 5.91 Å². The summed E-state index contributed by atoms with van der Waals surface area (Å²) in [7, 11) is 0. The minimum atomic E-state index is -0.689. The molecule has 0 radical (unpaired) electrons. The Morgan fingerprint density at radius 3 is 2.39 bits per heavy atom. The van der Waals surface area contributed by atoms with Crippen LogP contribution in [0, 0.1) is 5.92 Å². The number of hydrogen-bond acceptors (Lipinski definition) is 3. The number of hydrogen-bond donors (Lipinski definition) is 1. The van der Waals surface area contributed by atoms with Gasteiger partial charge in [0.05, 0.1) is 0 Å². The van der Waals surface area contributed by atoms with E-state index in [2.05, 4.69) is 19.2 Å². The van der Waals surface area contributed by atoms with Crippen LogP contribution in [0.5, 0.6) is 5.75 Å². The van der Waals surface area contributed by atoms with E-state index >= 15 is 0 Å². The van der Waals surface area contributed by atoms with Crippen LogP contribution < -0.4 is 10.1 Å². The van der Waals surface area contributed by atoms with Gasteiger partial charge in [-0.3, -0.25) is 4.79 Å². The van der Waals surface area contributed by atoms with Crippen molar-refractivity contribution in [2.24, 2.45) is 5.92 Å². The Bertz CT molecular complexity index is 729. The van der Waals surface area contributed by atoms with Crippen molar-refractivity contribution in [2.45, 2.75) is 58.2 Å². The van der Waals surface area contributed by atoms with Gasteiger partial charge in [-0.1, -0.05) is 44.2 Å². The third kappa shape index (κ3) is 5.35. The average Bonchev–Trinajstić information content (AvgIpc) is 2.74. The molecule has 1 aliphatic carbocycles. The van der Waals surface area contributed by atoms with Gasteiger partial charge in [0.1, 0.15) is 18.0 Å². The summed E-state index contributed by atoms with van der Waals surface area (Å²) in [6.07, 6.45) is 4.56. The highest BCUT2D eigenvalue weighted by Crippen LogP contribution is 2.36. The van der Waals surface area contributed by atoms with Crippen LogP contribution in [-0.4, -0.2) is 18.1 Å². The maximum absolute atomic E-state index is 13.0. The lowest BCUT2D eigenvalue weighted by Gasteiger charge is -2.38. The summed E-state index contributed by atoms with van der Waals surface area (Å²) in [6, 6.07) is 17.6. The van der Waals surface area contributed by atoms with Gasteiger partial charge in [0.2, 0.25) is 0 Å². The van der Waals surface area contributed by atoms with Gasteiger partial charge in [-0.05, 0) is 67.9 Å². The summed E-state index contributed by atoms with van der Waals surface area (Å²) in [5.74, 6) is 1.42. The normalized spacial score (nSPS) is 21.9. The predicted molar refractivity (Wildman–Crippen MR) is 112 cm³/mol. The Morgan fingerprint density at radius 1 is 1.07 bits per heavy atom. The van der Waals surface area contributed by atoms with Crippen LogP contribution in [0.1, 0.15) is 51.5 Å². The number of amides is 1. The first-order chi connectivity index (χ1) is 13.6. The number of anilines is 1. The summed E-state index contributed by atoms with van der Waals surface area (Å²) < 4.78 is 11.9. The van der Waals surface area contributed by atoms with Crippen molar-refractivity contribution in [3.05, 3.63) is 60.2 Å². The molecular formula is C24H31NO3. The molecule has 0 aliphatic heterocycles.